The maximum absolute atomic E-state index is 13.3. The Bertz CT molecular complexity index is 1220. The third kappa shape index (κ3) is 4.57. The fraction of sp³-hybridized carbons (Fsp3) is 0.440. The van der Waals surface area contributed by atoms with Crippen molar-refractivity contribution in [2.75, 3.05) is 18.0 Å². The van der Waals surface area contributed by atoms with Gasteiger partial charge in [-0.15, -0.1) is 10.2 Å². The molecule has 8 nitrogen and oxygen atoms in total. The smallest absolute Gasteiger partial charge is 0.410 e. The summed E-state index contributed by atoms with van der Waals surface area (Å²) in [6, 6.07) is 8.52. The Kier molecular flexibility index (Phi) is 6.35. The average Bonchev–Trinajstić information content (AvgIpc) is 3.22. The van der Waals surface area contributed by atoms with E-state index < -0.39 is 6.09 Å². The largest absolute Gasteiger partial charge is 0.447 e. The number of benzene rings is 1. The highest BCUT2D eigenvalue weighted by atomic mass is 35.5. The first-order chi connectivity index (χ1) is 16.8. The van der Waals surface area contributed by atoms with E-state index in [4.69, 9.17) is 16.3 Å². The van der Waals surface area contributed by atoms with Gasteiger partial charge in [-0.25, -0.2) is 14.2 Å². The third-order valence-corrected chi connectivity index (χ3v) is 6.88. The Labute approximate surface area is 208 Å². The van der Waals surface area contributed by atoms with Crippen molar-refractivity contribution < 1.29 is 13.9 Å². The molecule has 35 heavy (non-hydrogen) atoms. The summed E-state index contributed by atoms with van der Waals surface area (Å²) < 4.78 is 20.9. The first kappa shape index (κ1) is 23.5. The van der Waals surface area contributed by atoms with Gasteiger partial charge >= 0.3 is 6.09 Å². The molecule has 0 bridgehead atoms. The second kappa shape index (κ2) is 9.45. The molecule has 3 aromatic rings. The monoisotopic (exact) mass is 498 g/mol. The van der Waals surface area contributed by atoms with E-state index in [0.717, 1.165) is 48.8 Å². The van der Waals surface area contributed by atoms with Crippen LogP contribution in [0.3, 0.4) is 0 Å². The Balaban J connectivity index is 1.47. The Morgan fingerprint density at radius 1 is 1.14 bits per heavy atom. The second-order valence-electron chi connectivity index (χ2n) is 9.36. The molecule has 5 rings (SSSR count). The van der Waals surface area contributed by atoms with Crippen molar-refractivity contribution in [1.29, 1.82) is 0 Å². The van der Waals surface area contributed by atoms with Gasteiger partial charge in [0.15, 0.2) is 5.82 Å². The van der Waals surface area contributed by atoms with Crippen LogP contribution in [0.15, 0.2) is 36.5 Å². The number of aromatic nitrogens is 4. The van der Waals surface area contributed by atoms with Gasteiger partial charge in [-0.1, -0.05) is 11.6 Å². The lowest BCUT2D eigenvalue weighted by atomic mass is 9.95. The summed E-state index contributed by atoms with van der Waals surface area (Å²) in [4.78, 5) is 21.0. The van der Waals surface area contributed by atoms with Gasteiger partial charge in [0.05, 0.1) is 30.6 Å². The molecule has 184 valence electrons. The minimum Gasteiger partial charge on any atom is -0.447 e. The molecule has 1 unspecified atom stereocenters. The van der Waals surface area contributed by atoms with Crippen molar-refractivity contribution in [2.45, 2.75) is 58.2 Å². The van der Waals surface area contributed by atoms with Crippen LogP contribution in [-0.2, 0) is 11.3 Å². The van der Waals surface area contributed by atoms with E-state index in [-0.39, 0.29) is 23.9 Å². The fourth-order valence-corrected chi connectivity index (χ4v) is 5.06. The van der Waals surface area contributed by atoms with Gasteiger partial charge in [0.25, 0.3) is 0 Å². The highest BCUT2D eigenvalue weighted by molar-refractivity contribution is 6.30. The van der Waals surface area contributed by atoms with E-state index in [1.807, 2.05) is 39.0 Å². The highest BCUT2D eigenvalue weighted by Crippen LogP contribution is 2.37. The zero-order valence-corrected chi connectivity index (χ0v) is 20.7. The predicted octanol–water partition coefficient (Wildman–Crippen LogP) is 5.26. The Morgan fingerprint density at radius 2 is 1.89 bits per heavy atom. The minimum atomic E-state index is -0.392. The first-order valence-corrected chi connectivity index (χ1v) is 12.3. The fourth-order valence-electron chi connectivity index (χ4n) is 4.86. The topological polar surface area (TPSA) is 76.4 Å². The van der Waals surface area contributed by atoms with Crippen LogP contribution in [0.25, 0.3) is 5.69 Å². The molecule has 4 heterocycles. The predicted molar refractivity (Wildman–Crippen MR) is 130 cm³/mol. The van der Waals surface area contributed by atoms with Crippen molar-refractivity contribution in [3.8, 4) is 5.69 Å². The zero-order chi connectivity index (χ0) is 24.7. The molecular weight excluding hydrogens is 471 g/mol. The standard InChI is InChI=1S/C25H28ClFN6O2/c1-15(2)35-25(34)32-14-18-12-19(26)4-6-21(18)33-23(16(32)3)29-30-24(33)17-8-10-31(11-9-17)22-7-5-20(27)13-28-22/h4-7,12-13,15-17H,8-11,14H2,1-3H3. The highest BCUT2D eigenvalue weighted by Gasteiger charge is 2.36. The number of pyridine rings is 1. The molecule has 1 amide bonds. The summed E-state index contributed by atoms with van der Waals surface area (Å²) in [6.07, 6.45) is 2.34. The molecule has 0 saturated carbocycles. The van der Waals surface area contributed by atoms with E-state index >= 15 is 0 Å². The number of rotatable bonds is 3. The zero-order valence-electron chi connectivity index (χ0n) is 20.0. The number of nitrogens with zero attached hydrogens (tertiary/aromatic N) is 6. The maximum atomic E-state index is 13.3. The van der Waals surface area contributed by atoms with Crippen LogP contribution in [0, 0.1) is 5.82 Å². The van der Waals surface area contributed by atoms with Crippen molar-refractivity contribution in [3.05, 3.63) is 64.6 Å². The molecule has 2 aliphatic rings. The van der Waals surface area contributed by atoms with E-state index in [1.165, 1.54) is 12.3 Å². The third-order valence-electron chi connectivity index (χ3n) is 6.64. The lowest BCUT2D eigenvalue weighted by molar-refractivity contribution is 0.0618. The van der Waals surface area contributed by atoms with Crippen LogP contribution in [0.2, 0.25) is 5.02 Å². The quantitative estimate of drug-likeness (QED) is 0.490. The molecule has 10 heteroatoms. The SMILES string of the molecule is CC(C)OC(=O)N1Cc2cc(Cl)ccc2-n2c(C3CCN(c4ccc(F)cn4)CC3)nnc2C1C. The molecule has 1 aromatic carbocycles. The number of hydrogen-bond donors (Lipinski definition) is 0. The minimum absolute atomic E-state index is 0.179. The maximum Gasteiger partial charge on any atom is 0.410 e. The summed E-state index contributed by atoms with van der Waals surface area (Å²) in [6.45, 7) is 7.53. The van der Waals surface area contributed by atoms with Gasteiger partial charge in [-0.05, 0) is 69.5 Å². The van der Waals surface area contributed by atoms with E-state index in [9.17, 15) is 9.18 Å². The van der Waals surface area contributed by atoms with Gasteiger partial charge in [0.1, 0.15) is 17.5 Å². The van der Waals surface area contributed by atoms with Crippen LogP contribution in [-0.4, -0.2) is 49.9 Å². The van der Waals surface area contributed by atoms with Gasteiger partial charge < -0.3 is 9.64 Å². The number of fused-ring (bicyclic) bond motifs is 3. The van der Waals surface area contributed by atoms with Crippen LogP contribution >= 0.6 is 11.6 Å². The molecule has 1 fully saturated rings. The summed E-state index contributed by atoms with van der Waals surface area (Å²) in [7, 11) is 0. The van der Waals surface area contributed by atoms with Crippen molar-refractivity contribution in [1.82, 2.24) is 24.6 Å². The normalized spacial score (nSPS) is 18.3. The molecule has 1 atom stereocenters. The molecule has 0 N–H and O–H groups in total. The number of amides is 1. The van der Waals surface area contributed by atoms with Gasteiger partial charge in [-0.2, -0.15) is 0 Å². The average molecular weight is 499 g/mol. The van der Waals surface area contributed by atoms with Gasteiger partial charge in [0, 0.05) is 24.0 Å². The van der Waals surface area contributed by atoms with E-state index in [1.54, 1.807) is 11.0 Å². The summed E-state index contributed by atoms with van der Waals surface area (Å²) in [5.41, 5.74) is 1.84. The van der Waals surface area contributed by atoms with Crippen LogP contribution in [0.1, 0.15) is 62.8 Å². The molecular formula is C25H28ClFN6O2. The van der Waals surface area contributed by atoms with Gasteiger partial charge in [0.2, 0.25) is 0 Å². The molecule has 0 aliphatic carbocycles. The number of piperidine rings is 1. The number of anilines is 1. The molecule has 1 saturated heterocycles. The number of halogens is 2. The van der Waals surface area contributed by atoms with Crippen molar-refractivity contribution in [2.24, 2.45) is 0 Å². The molecule has 2 aliphatic heterocycles. The molecule has 0 spiro atoms. The number of carbonyl (C=O) groups excluding carboxylic acids is 1. The number of ether oxygens (including phenoxy) is 1. The Morgan fingerprint density at radius 3 is 2.57 bits per heavy atom. The summed E-state index contributed by atoms with van der Waals surface area (Å²) in [5.74, 6) is 2.19. The van der Waals surface area contributed by atoms with Gasteiger partial charge in [-0.3, -0.25) is 9.47 Å². The Hall–Kier alpha value is -3.20. The molecule has 0 radical (unpaired) electrons. The van der Waals surface area contributed by atoms with Crippen LogP contribution < -0.4 is 4.90 Å². The lowest BCUT2D eigenvalue weighted by Crippen LogP contribution is -2.35. The lowest BCUT2D eigenvalue weighted by Gasteiger charge is -2.32. The first-order valence-electron chi connectivity index (χ1n) is 11.9. The number of hydrogen-bond acceptors (Lipinski definition) is 6. The second-order valence-corrected chi connectivity index (χ2v) is 9.79. The summed E-state index contributed by atoms with van der Waals surface area (Å²) >= 11 is 6.34. The molecule has 2 aromatic heterocycles. The van der Waals surface area contributed by atoms with Crippen molar-refractivity contribution >= 4 is 23.5 Å². The van der Waals surface area contributed by atoms with Crippen LogP contribution in [0.4, 0.5) is 15.0 Å². The number of carbonyl (C=O) groups is 1. The van der Waals surface area contributed by atoms with E-state index in [0.29, 0.717) is 17.4 Å². The van der Waals surface area contributed by atoms with Crippen molar-refractivity contribution in [3.63, 3.8) is 0 Å². The van der Waals surface area contributed by atoms with Crippen LogP contribution in [0.5, 0.6) is 0 Å². The van der Waals surface area contributed by atoms with E-state index in [2.05, 4.69) is 24.6 Å². The summed E-state index contributed by atoms with van der Waals surface area (Å²) in [5, 5.41) is 9.78.